The Kier molecular flexibility index (Phi) is 3.33. The van der Waals surface area contributed by atoms with Crippen LogP contribution in [0.5, 0.6) is 0 Å². The molecule has 17 heavy (non-hydrogen) atoms. The maximum atomic E-state index is 10.7. The fourth-order valence-corrected chi connectivity index (χ4v) is 1.93. The van der Waals surface area contributed by atoms with E-state index in [1.807, 2.05) is 12.3 Å². The van der Waals surface area contributed by atoms with Crippen LogP contribution in [-0.2, 0) is 6.42 Å². The third kappa shape index (κ3) is 2.78. The Bertz CT molecular complexity index is 546. The molecule has 1 aromatic carbocycles. The summed E-state index contributed by atoms with van der Waals surface area (Å²) in [6.07, 6.45) is 5.05. The van der Waals surface area contributed by atoms with Crippen molar-refractivity contribution < 1.29 is 4.79 Å². The fraction of sp³-hybridized carbons (Fsp3) is 0.200. The molecule has 2 rings (SSSR count). The molecule has 0 N–H and O–H groups in total. The first kappa shape index (κ1) is 11.5. The number of benzene rings is 1. The lowest BCUT2D eigenvalue weighted by molar-refractivity contribution is 0.112. The molecule has 2 heteroatoms. The number of carbonyl (C=O) groups is 1. The number of pyridine rings is 1. The summed E-state index contributed by atoms with van der Waals surface area (Å²) in [6.45, 7) is 4.20. The summed E-state index contributed by atoms with van der Waals surface area (Å²) in [5.74, 6) is 0. The zero-order chi connectivity index (χ0) is 12.3. The van der Waals surface area contributed by atoms with Gasteiger partial charge >= 0.3 is 0 Å². The number of carbonyl (C=O) groups excluding carboxylic acids is 1. The predicted octanol–water partition coefficient (Wildman–Crippen LogP) is 3.10. The highest BCUT2D eigenvalue weighted by molar-refractivity contribution is 5.74. The molecule has 0 aliphatic heterocycles. The SMILES string of the molecule is Cc1ccc(Cc2cncc(C=O)c2)c(C)c1. The molecule has 2 aromatic rings. The van der Waals surface area contributed by atoms with Gasteiger partial charge in [0.25, 0.3) is 0 Å². The lowest BCUT2D eigenvalue weighted by Gasteiger charge is -2.07. The van der Waals surface area contributed by atoms with Crippen molar-refractivity contribution in [2.75, 3.05) is 0 Å². The third-order valence-corrected chi connectivity index (χ3v) is 2.84. The van der Waals surface area contributed by atoms with Gasteiger partial charge in [0.1, 0.15) is 0 Å². The zero-order valence-electron chi connectivity index (χ0n) is 10.1. The molecule has 0 fully saturated rings. The highest BCUT2D eigenvalue weighted by Gasteiger charge is 2.02. The van der Waals surface area contributed by atoms with Crippen molar-refractivity contribution in [3.63, 3.8) is 0 Å². The van der Waals surface area contributed by atoms with Crippen molar-refractivity contribution in [1.29, 1.82) is 0 Å². The van der Waals surface area contributed by atoms with Crippen LogP contribution in [0, 0.1) is 13.8 Å². The second-order valence-corrected chi connectivity index (χ2v) is 4.35. The Labute approximate surface area is 101 Å². The number of nitrogens with zero attached hydrogens (tertiary/aromatic N) is 1. The molecule has 0 unspecified atom stereocenters. The molecule has 0 amide bonds. The van der Waals surface area contributed by atoms with Crippen LogP contribution in [0.15, 0.2) is 36.7 Å². The van der Waals surface area contributed by atoms with E-state index in [1.54, 1.807) is 6.20 Å². The van der Waals surface area contributed by atoms with E-state index in [4.69, 9.17) is 0 Å². The molecule has 1 aromatic heterocycles. The molecule has 2 nitrogen and oxygen atoms in total. The van der Waals surface area contributed by atoms with Gasteiger partial charge in [-0.2, -0.15) is 0 Å². The van der Waals surface area contributed by atoms with E-state index < -0.39 is 0 Å². The number of aldehydes is 1. The molecule has 0 aliphatic rings. The Morgan fingerprint density at radius 2 is 2.00 bits per heavy atom. The number of rotatable bonds is 3. The molecule has 0 bridgehead atoms. The van der Waals surface area contributed by atoms with E-state index in [9.17, 15) is 4.79 Å². The van der Waals surface area contributed by atoms with E-state index in [0.29, 0.717) is 5.56 Å². The van der Waals surface area contributed by atoms with Gasteiger partial charge in [0.2, 0.25) is 0 Å². The third-order valence-electron chi connectivity index (χ3n) is 2.84. The van der Waals surface area contributed by atoms with Gasteiger partial charge < -0.3 is 0 Å². The molecular formula is C15H15NO. The van der Waals surface area contributed by atoms with Crippen LogP contribution in [-0.4, -0.2) is 11.3 Å². The van der Waals surface area contributed by atoms with Gasteiger partial charge in [-0.1, -0.05) is 23.8 Å². The van der Waals surface area contributed by atoms with E-state index in [2.05, 4.69) is 37.0 Å². The van der Waals surface area contributed by atoms with Gasteiger partial charge in [0, 0.05) is 18.0 Å². The van der Waals surface area contributed by atoms with Crippen molar-refractivity contribution in [3.8, 4) is 0 Å². The quantitative estimate of drug-likeness (QED) is 0.751. The van der Waals surface area contributed by atoms with Crippen LogP contribution in [0.2, 0.25) is 0 Å². The normalized spacial score (nSPS) is 10.2. The maximum Gasteiger partial charge on any atom is 0.151 e. The first-order valence-corrected chi connectivity index (χ1v) is 5.64. The van der Waals surface area contributed by atoms with Crippen LogP contribution in [0.1, 0.15) is 32.6 Å². The number of aromatic nitrogens is 1. The van der Waals surface area contributed by atoms with Gasteiger partial charge in [-0.05, 0) is 43.0 Å². The van der Waals surface area contributed by atoms with Gasteiger partial charge in [0.15, 0.2) is 6.29 Å². The molecule has 0 radical (unpaired) electrons. The second kappa shape index (κ2) is 4.91. The van der Waals surface area contributed by atoms with Gasteiger partial charge in [-0.3, -0.25) is 9.78 Å². The van der Waals surface area contributed by atoms with Crippen LogP contribution >= 0.6 is 0 Å². The smallest absolute Gasteiger partial charge is 0.151 e. The topological polar surface area (TPSA) is 30.0 Å². The summed E-state index contributed by atoms with van der Waals surface area (Å²) in [4.78, 5) is 14.8. The highest BCUT2D eigenvalue weighted by atomic mass is 16.1. The molecule has 0 aliphatic carbocycles. The van der Waals surface area contributed by atoms with Crippen LogP contribution in [0.25, 0.3) is 0 Å². The van der Waals surface area contributed by atoms with Gasteiger partial charge in [-0.25, -0.2) is 0 Å². The standard InChI is InChI=1S/C15H15NO/c1-11-3-4-15(12(2)5-11)7-13-6-14(10-17)9-16-8-13/h3-6,8-10H,7H2,1-2H3. The molecule has 0 saturated heterocycles. The minimum absolute atomic E-state index is 0.632. The van der Waals surface area contributed by atoms with Crippen molar-refractivity contribution in [2.45, 2.75) is 20.3 Å². The molecule has 0 atom stereocenters. The van der Waals surface area contributed by atoms with Crippen LogP contribution in [0.3, 0.4) is 0 Å². The second-order valence-electron chi connectivity index (χ2n) is 4.35. The molecular weight excluding hydrogens is 210 g/mol. The first-order chi connectivity index (χ1) is 8.19. The predicted molar refractivity (Wildman–Crippen MR) is 68.3 cm³/mol. The number of hydrogen-bond donors (Lipinski definition) is 0. The Morgan fingerprint density at radius 1 is 1.18 bits per heavy atom. The van der Waals surface area contributed by atoms with E-state index >= 15 is 0 Å². The highest BCUT2D eigenvalue weighted by Crippen LogP contribution is 2.15. The summed E-state index contributed by atoms with van der Waals surface area (Å²) in [6, 6.07) is 8.31. The summed E-state index contributed by atoms with van der Waals surface area (Å²) in [5.41, 5.74) is 5.53. The summed E-state index contributed by atoms with van der Waals surface area (Å²) < 4.78 is 0. The van der Waals surface area contributed by atoms with Gasteiger partial charge in [0.05, 0.1) is 0 Å². The lowest BCUT2D eigenvalue weighted by Crippen LogP contribution is -1.94. The first-order valence-electron chi connectivity index (χ1n) is 5.64. The summed E-state index contributed by atoms with van der Waals surface area (Å²) >= 11 is 0. The van der Waals surface area contributed by atoms with E-state index in [0.717, 1.165) is 18.3 Å². The monoisotopic (exact) mass is 225 g/mol. The van der Waals surface area contributed by atoms with Gasteiger partial charge in [-0.15, -0.1) is 0 Å². The van der Waals surface area contributed by atoms with Crippen LogP contribution in [0.4, 0.5) is 0 Å². The minimum Gasteiger partial charge on any atom is -0.298 e. The molecule has 86 valence electrons. The summed E-state index contributed by atoms with van der Waals surface area (Å²) in [5, 5.41) is 0. The Balaban J connectivity index is 2.27. The largest absolute Gasteiger partial charge is 0.298 e. The van der Waals surface area contributed by atoms with Crippen molar-refractivity contribution in [3.05, 3.63) is 64.5 Å². The molecule has 0 spiro atoms. The Morgan fingerprint density at radius 3 is 2.71 bits per heavy atom. The lowest BCUT2D eigenvalue weighted by atomic mass is 9.99. The van der Waals surface area contributed by atoms with Crippen LogP contribution < -0.4 is 0 Å². The van der Waals surface area contributed by atoms with Crippen molar-refractivity contribution >= 4 is 6.29 Å². The van der Waals surface area contributed by atoms with E-state index in [-0.39, 0.29) is 0 Å². The average Bonchev–Trinajstić information content (AvgIpc) is 2.33. The minimum atomic E-state index is 0.632. The summed E-state index contributed by atoms with van der Waals surface area (Å²) in [7, 11) is 0. The number of hydrogen-bond acceptors (Lipinski definition) is 2. The maximum absolute atomic E-state index is 10.7. The molecule has 0 saturated carbocycles. The van der Waals surface area contributed by atoms with Crippen molar-refractivity contribution in [2.24, 2.45) is 0 Å². The molecule has 1 heterocycles. The average molecular weight is 225 g/mol. The van der Waals surface area contributed by atoms with Crippen molar-refractivity contribution in [1.82, 2.24) is 4.98 Å². The van der Waals surface area contributed by atoms with E-state index in [1.165, 1.54) is 16.7 Å². The zero-order valence-corrected chi connectivity index (χ0v) is 10.1. The fourth-order valence-electron chi connectivity index (χ4n) is 1.93. The Hall–Kier alpha value is -1.96. The number of aryl methyl sites for hydroxylation is 2.